The molecule has 2 N–H and O–H groups in total. The summed E-state index contributed by atoms with van der Waals surface area (Å²) in [4.78, 5) is 37.7. The summed E-state index contributed by atoms with van der Waals surface area (Å²) in [5, 5.41) is 3.02. The van der Waals surface area contributed by atoms with Gasteiger partial charge in [0, 0.05) is 12.8 Å². The summed E-state index contributed by atoms with van der Waals surface area (Å²) in [6.07, 6.45) is 78.7. The Morgan fingerprint density at radius 2 is 0.883 bits per heavy atom. The third-order valence-corrected chi connectivity index (χ3v) is 13.7. The number of likely N-dealkylation sites (N-methyl/N-ethyl adjacent to an activating group) is 1. The molecule has 10 heteroatoms. The van der Waals surface area contributed by atoms with Gasteiger partial charge in [-0.3, -0.25) is 18.6 Å². The van der Waals surface area contributed by atoms with E-state index in [9.17, 15) is 19.0 Å². The van der Waals surface area contributed by atoms with Crippen LogP contribution in [0.5, 0.6) is 0 Å². The lowest BCUT2D eigenvalue weighted by molar-refractivity contribution is -0.870. The predicted molar refractivity (Wildman–Crippen MR) is 332 cm³/mol. The Bertz CT molecular complexity index is 1780. The van der Waals surface area contributed by atoms with Gasteiger partial charge < -0.3 is 19.4 Å². The van der Waals surface area contributed by atoms with Crippen LogP contribution in [0.4, 0.5) is 0 Å². The van der Waals surface area contributed by atoms with E-state index in [1.54, 1.807) is 0 Å². The van der Waals surface area contributed by atoms with Gasteiger partial charge >= 0.3 is 13.8 Å². The second-order valence-corrected chi connectivity index (χ2v) is 22.7. The van der Waals surface area contributed by atoms with Crippen molar-refractivity contribution < 1.29 is 37.3 Å². The molecule has 0 bridgehead atoms. The maximum Gasteiger partial charge on any atom is 0.472 e. The number of unbranched alkanes of at least 4 members (excludes halogenated alkanes) is 22. The third kappa shape index (κ3) is 56.7. The number of rotatable bonds is 53. The fraction of sp³-hybridized carbons (Fsp3) is 0.642. The average Bonchev–Trinajstić information content (AvgIpc) is 3.39. The van der Waals surface area contributed by atoms with Gasteiger partial charge in [0.2, 0.25) is 5.91 Å². The Morgan fingerprint density at radius 3 is 1.40 bits per heavy atom. The van der Waals surface area contributed by atoms with E-state index in [4.69, 9.17) is 13.8 Å². The minimum atomic E-state index is -4.48. The number of amides is 1. The fourth-order valence-corrected chi connectivity index (χ4v) is 8.75. The van der Waals surface area contributed by atoms with E-state index in [1.165, 1.54) is 83.5 Å². The molecule has 0 fully saturated rings. The molecule has 9 nitrogen and oxygen atoms in total. The van der Waals surface area contributed by atoms with E-state index in [-0.39, 0.29) is 37.9 Å². The highest BCUT2D eigenvalue weighted by molar-refractivity contribution is 7.47. The van der Waals surface area contributed by atoms with Crippen LogP contribution in [0.15, 0.2) is 134 Å². The summed E-state index contributed by atoms with van der Waals surface area (Å²) in [6, 6.07) is -0.890. The summed E-state index contributed by atoms with van der Waals surface area (Å²) < 4.78 is 30.6. The van der Waals surface area contributed by atoms with Crippen molar-refractivity contribution in [2.75, 3.05) is 40.9 Å². The van der Waals surface area contributed by atoms with Crippen molar-refractivity contribution in [3.05, 3.63) is 134 Å². The minimum absolute atomic E-state index is 0.0197. The van der Waals surface area contributed by atoms with Crippen LogP contribution >= 0.6 is 7.82 Å². The number of quaternary nitrogens is 1. The van der Waals surface area contributed by atoms with Gasteiger partial charge in [-0.05, 0) is 96.0 Å². The number of nitrogens with one attached hydrogen (secondary N) is 1. The quantitative estimate of drug-likeness (QED) is 0.0156. The Balaban J connectivity index is 5.44. The number of esters is 1. The molecule has 0 aliphatic rings. The van der Waals surface area contributed by atoms with Gasteiger partial charge in [-0.1, -0.05) is 251 Å². The van der Waals surface area contributed by atoms with Crippen molar-refractivity contribution in [1.82, 2.24) is 5.32 Å². The molecule has 0 radical (unpaired) electrons. The van der Waals surface area contributed by atoms with Gasteiger partial charge in [-0.15, -0.1) is 0 Å². The molecule has 0 saturated heterocycles. The number of ether oxygens (including phenoxy) is 1. The first-order chi connectivity index (χ1) is 37.4. The Labute approximate surface area is 473 Å². The maximum atomic E-state index is 13.5. The summed E-state index contributed by atoms with van der Waals surface area (Å²) in [6.45, 7) is 6.77. The van der Waals surface area contributed by atoms with E-state index < -0.39 is 20.0 Å². The predicted octanol–water partition coefficient (Wildman–Crippen LogP) is 18.9. The van der Waals surface area contributed by atoms with E-state index in [0.717, 1.165) is 96.3 Å². The van der Waals surface area contributed by atoms with Crippen LogP contribution in [-0.2, 0) is 27.9 Å². The molecule has 77 heavy (non-hydrogen) atoms. The average molecular weight is 1090 g/mol. The Hall–Kier alpha value is -3.85. The second-order valence-electron chi connectivity index (χ2n) is 21.3. The first kappa shape index (κ1) is 73.2. The molecule has 0 aromatic heterocycles. The lowest BCUT2D eigenvalue weighted by Crippen LogP contribution is -2.47. The highest BCUT2D eigenvalue weighted by Gasteiger charge is 2.30. The molecular weight excluding hydrogens is 976 g/mol. The number of phosphoric ester groups is 1. The van der Waals surface area contributed by atoms with Crippen LogP contribution < -0.4 is 5.32 Å². The second kappa shape index (κ2) is 55.5. The van der Waals surface area contributed by atoms with Crippen molar-refractivity contribution in [1.29, 1.82) is 0 Å². The van der Waals surface area contributed by atoms with Gasteiger partial charge in [-0.2, -0.15) is 0 Å². The molecule has 0 aliphatic carbocycles. The first-order valence-corrected chi connectivity index (χ1v) is 32.1. The number of carbonyl (C=O) groups is 2. The van der Waals surface area contributed by atoms with Gasteiger partial charge in [0.15, 0.2) is 0 Å². The van der Waals surface area contributed by atoms with Crippen molar-refractivity contribution in [3.8, 4) is 0 Å². The first-order valence-electron chi connectivity index (χ1n) is 30.6. The number of phosphoric acid groups is 1. The summed E-state index contributed by atoms with van der Waals surface area (Å²) >= 11 is 0. The molecule has 0 saturated carbocycles. The zero-order valence-electron chi connectivity index (χ0n) is 49.9. The number of nitrogens with zero attached hydrogens (tertiary/aromatic N) is 1. The van der Waals surface area contributed by atoms with Crippen LogP contribution in [0.25, 0.3) is 0 Å². The normalized spacial score (nSPS) is 14.6. The van der Waals surface area contributed by atoms with E-state index in [2.05, 4.69) is 86.8 Å². The van der Waals surface area contributed by atoms with Gasteiger partial charge in [-0.25, -0.2) is 4.57 Å². The SMILES string of the molecule is CC\C=C/C=C/C=C/C=C\C=C\C=C\CCCCCC(=O)NC(COP(=O)(O)OCC[N+](C)(C)C)C(/C=C/CCCCCCCCCCCCC)OC(=O)CCCCCCC/C=C\C/C=C\C/C=C\C/C=C\CCCCC. The molecule has 0 aromatic carbocycles. The molecule has 1 amide bonds. The Kier molecular flexibility index (Phi) is 52.7. The Morgan fingerprint density at radius 1 is 0.481 bits per heavy atom. The van der Waals surface area contributed by atoms with Crippen molar-refractivity contribution in [3.63, 3.8) is 0 Å². The zero-order valence-corrected chi connectivity index (χ0v) is 50.8. The van der Waals surface area contributed by atoms with E-state index in [0.29, 0.717) is 23.9 Å². The number of carbonyl (C=O) groups excluding carboxylic acids is 2. The van der Waals surface area contributed by atoms with Crippen molar-refractivity contribution in [2.45, 2.75) is 238 Å². The molecule has 3 unspecified atom stereocenters. The maximum absolute atomic E-state index is 13.5. The molecule has 438 valence electrons. The minimum Gasteiger partial charge on any atom is -0.456 e. The number of allylic oxidation sites excluding steroid dienone is 21. The van der Waals surface area contributed by atoms with Crippen LogP contribution in [0.3, 0.4) is 0 Å². The van der Waals surface area contributed by atoms with Gasteiger partial charge in [0.1, 0.15) is 19.3 Å². The highest BCUT2D eigenvalue weighted by atomic mass is 31.2. The molecule has 0 heterocycles. The molecule has 0 spiro atoms. The van der Waals surface area contributed by atoms with E-state index in [1.807, 2.05) is 94.1 Å². The topological polar surface area (TPSA) is 111 Å². The molecule has 3 atom stereocenters. The van der Waals surface area contributed by atoms with Crippen LogP contribution in [-0.4, -0.2) is 74.3 Å². The molecule has 0 aliphatic heterocycles. The molecular formula is C67H114N2O7P+. The molecule has 0 aromatic rings. The van der Waals surface area contributed by atoms with Crippen molar-refractivity contribution >= 4 is 19.7 Å². The standard InChI is InChI=1S/C67H113N2O7P/c1-7-10-13-16-19-22-25-28-30-32-33-34-35-37-39-42-45-48-51-54-57-60-67(71)76-65(58-55-52-49-46-43-40-27-24-21-18-15-12-9-3)64(63-75-77(72,73)74-62-61-69(4,5)6)68-66(70)59-56-53-50-47-44-41-38-36-31-29-26-23-20-17-14-11-8-2/h11,14,17,19-20,22-23,26,28-31,33-34,36-39,41,44,55,58,64-65H,7-10,12-13,15-16,18,21,24-25,27,32,35,40,42-43,45-54,56-57,59-63H2,1-6H3,(H-,68,70,72,73)/p+1/b14-11-,20-17+,22-19-,26-23+,30-28-,31-29-,34-33-,38-36+,39-37-,44-41+,58-55+. The van der Waals surface area contributed by atoms with E-state index >= 15 is 0 Å². The fourth-order valence-electron chi connectivity index (χ4n) is 8.01. The molecule has 0 rings (SSSR count). The van der Waals surface area contributed by atoms with Gasteiger partial charge in [0.05, 0.1) is 33.8 Å². The summed E-state index contributed by atoms with van der Waals surface area (Å²) in [5.41, 5.74) is 0. The van der Waals surface area contributed by atoms with Gasteiger partial charge in [0.25, 0.3) is 0 Å². The van der Waals surface area contributed by atoms with Crippen LogP contribution in [0, 0.1) is 0 Å². The van der Waals surface area contributed by atoms with Crippen LogP contribution in [0.2, 0.25) is 0 Å². The lowest BCUT2D eigenvalue weighted by Gasteiger charge is -2.27. The summed E-state index contributed by atoms with van der Waals surface area (Å²) in [5.74, 6) is -0.587. The lowest BCUT2D eigenvalue weighted by atomic mass is 10.0. The zero-order chi connectivity index (χ0) is 56.4. The number of hydrogen-bond donors (Lipinski definition) is 2. The summed E-state index contributed by atoms with van der Waals surface area (Å²) in [7, 11) is 1.43. The van der Waals surface area contributed by atoms with Crippen molar-refractivity contribution in [2.24, 2.45) is 0 Å². The third-order valence-electron chi connectivity index (χ3n) is 12.7. The monoisotopic (exact) mass is 1090 g/mol. The smallest absolute Gasteiger partial charge is 0.456 e. The largest absolute Gasteiger partial charge is 0.472 e. The number of hydrogen-bond acceptors (Lipinski definition) is 6. The highest BCUT2D eigenvalue weighted by Crippen LogP contribution is 2.43. The van der Waals surface area contributed by atoms with Crippen LogP contribution in [0.1, 0.15) is 226 Å².